The van der Waals surface area contributed by atoms with E-state index in [2.05, 4.69) is 0 Å². The molecule has 2 N–H and O–H groups in total. The van der Waals surface area contributed by atoms with E-state index >= 15 is 0 Å². The molecule has 4 heteroatoms. The van der Waals surface area contributed by atoms with Crippen molar-refractivity contribution in [3.05, 3.63) is 114 Å². The molecule has 0 saturated carbocycles. The summed E-state index contributed by atoms with van der Waals surface area (Å²) in [5.41, 5.74) is 3.30. The fourth-order valence-corrected chi connectivity index (χ4v) is 4.69. The van der Waals surface area contributed by atoms with Gasteiger partial charge in [0.2, 0.25) is 0 Å². The Morgan fingerprint density at radius 3 is 1.52 bits per heavy atom. The molecule has 0 aromatic heterocycles. The van der Waals surface area contributed by atoms with Crippen LogP contribution in [-0.2, 0) is 3.74 Å². The van der Waals surface area contributed by atoms with Crippen LogP contribution in [0.1, 0.15) is 21.4 Å². The van der Waals surface area contributed by atoms with Crippen LogP contribution in [0.2, 0.25) is 0 Å². The predicted octanol–water partition coefficient (Wildman–Crippen LogP) is 3.80. The van der Waals surface area contributed by atoms with Crippen LogP contribution in [0.3, 0.4) is 0 Å². The topological polar surface area (TPSA) is 57.5 Å². The maximum absolute atomic E-state index is 12.2. The van der Waals surface area contributed by atoms with Crippen molar-refractivity contribution in [1.29, 1.82) is 0 Å². The van der Waals surface area contributed by atoms with Gasteiger partial charge in [0.25, 0.3) is 0 Å². The number of hydrogen-bond donors (Lipinski definition) is 2. The van der Waals surface area contributed by atoms with Crippen LogP contribution in [0.25, 0.3) is 5.57 Å². The van der Waals surface area contributed by atoms with E-state index in [0.717, 1.165) is 16.7 Å². The number of hydrogen-bond acceptors (Lipinski definition) is 1. The van der Waals surface area contributed by atoms with Crippen molar-refractivity contribution in [1.82, 2.24) is 0 Å². The average Bonchev–Trinajstić information content (AvgIpc) is 2.63. The molecule has 3 aromatic rings. The summed E-state index contributed by atoms with van der Waals surface area (Å²) in [6.07, 6.45) is 1.71. The monoisotopic (exact) mass is 394 g/mol. The minimum absolute atomic E-state index is 0.624. The van der Waals surface area contributed by atoms with E-state index in [0.29, 0.717) is 5.56 Å². The Balaban J connectivity index is 2.18. The fourth-order valence-electron chi connectivity index (χ4n) is 2.79. The van der Waals surface area contributed by atoms with Crippen molar-refractivity contribution in [2.45, 2.75) is 4.71 Å². The first-order valence-corrected chi connectivity index (χ1v) is 11.5. The second-order valence-corrected chi connectivity index (χ2v) is 9.40. The summed E-state index contributed by atoms with van der Waals surface area (Å²) in [4.78, 5) is 0. The second kappa shape index (κ2) is 7.71. The molecule has 0 saturated heterocycles. The molecule has 126 valence electrons. The summed E-state index contributed by atoms with van der Waals surface area (Å²) < 4.78 is 31.3. The molecule has 25 heavy (non-hydrogen) atoms. The van der Waals surface area contributed by atoms with Crippen LogP contribution in [0, 0.1) is 0 Å². The Morgan fingerprint density at radius 1 is 0.720 bits per heavy atom. The molecule has 0 fully saturated rings. The zero-order valence-corrected chi connectivity index (χ0v) is 15.4. The van der Waals surface area contributed by atoms with E-state index in [4.69, 9.17) is 0 Å². The second-order valence-electron chi connectivity index (χ2n) is 5.76. The van der Waals surface area contributed by atoms with Crippen molar-refractivity contribution in [3.63, 3.8) is 0 Å². The van der Waals surface area contributed by atoms with Crippen LogP contribution < -0.4 is 0 Å². The molecular formula is C21H19AsO3. The van der Waals surface area contributed by atoms with Gasteiger partial charge in [0.05, 0.1) is 0 Å². The van der Waals surface area contributed by atoms with Crippen LogP contribution in [0.5, 0.6) is 0 Å². The van der Waals surface area contributed by atoms with Gasteiger partial charge in [-0.2, -0.15) is 0 Å². The van der Waals surface area contributed by atoms with Gasteiger partial charge in [0.1, 0.15) is 0 Å². The molecule has 3 nitrogen and oxygen atoms in total. The summed E-state index contributed by atoms with van der Waals surface area (Å²) in [5.74, 6) is 0. The third-order valence-corrected chi connectivity index (χ3v) is 6.46. The summed E-state index contributed by atoms with van der Waals surface area (Å²) >= 11 is -5.05. The van der Waals surface area contributed by atoms with Gasteiger partial charge in [-0.15, -0.1) is 0 Å². The molecule has 0 aliphatic carbocycles. The Labute approximate surface area is 150 Å². The normalized spacial score (nSPS) is 12.4. The molecule has 1 atom stereocenters. The summed E-state index contributed by atoms with van der Waals surface area (Å²) in [7, 11) is 0. The van der Waals surface area contributed by atoms with Crippen LogP contribution in [-0.4, -0.2) is 22.4 Å². The molecule has 3 aromatic carbocycles. The van der Waals surface area contributed by atoms with Gasteiger partial charge in [0.15, 0.2) is 0 Å². The first-order valence-electron chi connectivity index (χ1n) is 7.98. The van der Waals surface area contributed by atoms with Gasteiger partial charge in [-0.25, -0.2) is 0 Å². The van der Waals surface area contributed by atoms with Crippen molar-refractivity contribution in [2.75, 3.05) is 0 Å². The van der Waals surface area contributed by atoms with Crippen LogP contribution >= 0.6 is 0 Å². The number of allylic oxidation sites excluding steroid dienone is 1. The average molecular weight is 394 g/mol. The van der Waals surface area contributed by atoms with E-state index in [-0.39, 0.29) is 0 Å². The van der Waals surface area contributed by atoms with Crippen molar-refractivity contribution in [2.24, 2.45) is 0 Å². The maximum atomic E-state index is 12.2. The van der Waals surface area contributed by atoms with E-state index in [1.165, 1.54) is 0 Å². The molecule has 0 amide bonds. The predicted molar refractivity (Wildman–Crippen MR) is 100 cm³/mol. The van der Waals surface area contributed by atoms with Crippen LogP contribution in [0.4, 0.5) is 0 Å². The zero-order chi connectivity index (χ0) is 17.7. The van der Waals surface area contributed by atoms with Crippen LogP contribution in [0.15, 0.2) is 97.1 Å². The molecule has 0 spiro atoms. The van der Waals surface area contributed by atoms with Gasteiger partial charge in [-0.05, 0) is 0 Å². The molecule has 3 rings (SSSR count). The number of benzene rings is 3. The molecule has 0 radical (unpaired) electrons. The quantitative estimate of drug-likeness (QED) is 0.648. The Kier molecular flexibility index (Phi) is 5.40. The molecule has 0 aliphatic rings. The van der Waals surface area contributed by atoms with Gasteiger partial charge >= 0.3 is 150 Å². The Hall–Kier alpha value is -2.32. The standard InChI is InChI=1S/C21H19AsO3/c23-22(24,25)21(19-14-8-3-9-15-19)16-20(17-10-4-1-5-11-17)18-12-6-2-7-13-18/h1-16,21H,(H2,23,24,25). The SMILES string of the molecule is O=[As](O)(O)C(C=C(c1ccccc1)c1ccccc1)c1ccccc1. The van der Waals surface area contributed by atoms with Gasteiger partial charge in [-0.3, -0.25) is 0 Å². The van der Waals surface area contributed by atoms with E-state index < -0.39 is 18.9 Å². The fraction of sp³-hybridized carbons (Fsp3) is 0.0476. The summed E-state index contributed by atoms with van der Waals surface area (Å²) in [5, 5.41) is 0. The van der Waals surface area contributed by atoms with E-state index in [1.807, 2.05) is 66.7 Å². The third kappa shape index (κ3) is 4.40. The van der Waals surface area contributed by atoms with Gasteiger partial charge in [-0.1, -0.05) is 0 Å². The first kappa shape index (κ1) is 17.5. The van der Waals surface area contributed by atoms with Gasteiger partial charge in [0, 0.05) is 0 Å². The van der Waals surface area contributed by atoms with Crippen molar-refractivity contribution >= 4 is 19.7 Å². The Morgan fingerprint density at radius 2 is 1.12 bits per heavy atom. The number of rotatable bonds is 5. The molecule has 1 unspecified atom stereocenters. The summed E-state index contributed by atoms with van der Waals surface area (Å²) in [6.45, 7) is 0. The molecular weight excluding hydrogens is 375 g/mol. The van der Waals surface area contributed by atoms with E-state index in [1.54, 1.807) is 30.3 Å². The molecule has 0 bridgehead atoms. The minimum atomic E-state index is -5.05. The Bertz CT molecular complexity index is 843. The molecule has 0 heterocycles. The van der Waals surface area contributed by atoms with Gasteiger partial charge < -0.3 is 0 Å². The van der Waals surface area contributed by atoms with E-state index in [9.17, 15) is 11.9 Å². The first-order chi connectivity index (χ1) is 12.1. The van der Waals surface area contributed by atoms with Crippen molar-refractivity contribution < 1.29 is 11.9 Å². The zero-order valence-electron chi connectivity index (χ0n) is 13.6. The molecule has 0 aliphatic heterocycles. The summed E-state index contributed by atoms with van der Waals surface area (Å²) in [6, 6.07) is 28.3. The van der Waals surface area contributed by atoms with Crippen molar-refractivity contribution in [3.8, 4) is 0 Å². The third-order valence-electron chi connectivity index (χ3n) is 4.00.